The maximum atomic E-state index is 12.1. The third kappa shape index (κ3) is 5.35. The van der Waals surface area contributed by atoms with E-state index < -0.39 is 0 Å². The molecule has 2 rings (SSSR count). The smallest absolute Gasteiger partial charge is 0.271 e. The third-order valence-corrected chi connectivity index (χ3v) is 3.92. The highest BCUT2D eigenvalue weighted by Gasteiger charge is 2.04. The highest BCUT2D eigenvalue weighted by Crippen LogP contribution is 2.13. The second kappa shape index (κ2) is 9.23. The predicted octanol–water partition coefficient (Wildman–Crippen LogP) is 2.87. The van der Waals surface area contributed by atoms with E-state index in [4.69, 9.17) is 5.26 Å². The van der Waals surface area contributed by atoms with Crippen LogP contribution in [0.1, 0.15) is 22.3 Å². The lowest BCUT2D eigenvalue weighted by Gasteiger charge is -2.17. The first-order valence-electron chi connectivity index (χ1n) is 8.30. The minimum absolute atomic E-state index is 0.251. The van der Waals surface area contributed by atoms with Crippen LogP contribution in [0.2, 0.25) is 0 Å². The average Bonchev–Trinajstić information content (AvgIpc) is 2.66. The molecule has 0 aliphatic rings. The lowest BCUT2D eigenvalue weighted by Crippen LogP contribution is -2.18. The molecular formula is C20H23N5O. The van der Waals surface area contributed by atoms with E-state index in [1.54, 1.807) is 18.3 Å². The van der Waals surface area contributed by atoms with Gasteiger partial charge in [-0.15, -0.1) is 0 Å². The largest absolute Gasteiger partial charge is 0.378 e. The van der Waals surface area contributed by atoms with E-state index in [1.165, 1.54) is 0 Å². The Balaban J connectivity index is 1.91. The minimum atomic E-state index is -0.251. The van der Waals surface area contributed by atoms with Crippen molar-refractivity contribution in [2.75, 3.05) is 37.5 Å². The number of nitrogens with zero attached hydrogens (tertiary/aromatic N) is 4. The van der Waals surface area contributed by atoms with Crippen LogP contribution in [0.15, 0.2) is 53.6 Å². The van der Waals surface area contributed by atoms with Gasteiger partial charge in [-0.25, -0.2) is 5.43 Å². The molecule has 134 valence electrons. The molecule has 1 N–H and O–H groups in total. The third-order valence-electron chi connectivity index (χ3n) is 3.92. The fraction of sp³-hybridized carbons (Fsp3) is 0.250. The van der Waals surface area contributed by atoms with E-state index in [0.717, 1.165) is 16.9 Å². The second-order valence-corrected chi connectivity index (χ2v) is 6.06. The van der Waals surface area contributed by atoms with Crippen molar-refractivity contribution in [3.05, 3.63) is 59.7 Å². The molecule has 0 aliphatic heterocycles. The lowest BCUT2D eigenvalue weighted by atomic mass is 10.2. The van der Waals surface area contributed by atoms with E-state index >= 15 is 0 Å². The van der Waals surface area contributed by atoms with Crippen LogP contribution in [-0.2, 0) is 0 Å². The quantitative estimate of drug-likeness (QED) is 0.616. The Morgan fingerprint density at radius 2 is 1.69 bits per heavy atom. The highest BCUT2D eigenvalue weighted by atomic mass is 16.2. The standard InChI is InChI=1S/C20H23N5O/c1-24(2)18-11-7-17(8-12-18)20(26)23-22-15-16-5-9-19(10-6-16)25(3)14-4-13-21/h5-12,15H,4,14H2,1-3H3,(H,23,26)/b22-15+. The van der Waals surface area contributed by atoms with Crippen molar-refractivity contribution in [1.82, 2.24) is 5.43 Å². The summed E-state index contributed by atoms with van der Waals surface area (Å²) in [6.45, 7) is 0.687. The van der Waals surface area contributed by atoms with Gasteiger partial charge < -0.3 is 9.80 Å². The number of carbonyl (C=O) groups excluding carboxylic acids is 1. The van der Waals surface area contributed by atoms with E-state index in [9.17, 15) is 4.79 Å². The minimum Gasteiger partial charge on any atom is -0.378 e. The van der Waals surface area contributed by atoms with Crippen LogP contribution in [0.4, 0.5) is 11.4 Å². The topological polar surface area (TPSA) is 71.7 Å². The first-order valence-corrected chi connectivity index (χ1v) is 8.30. The molecule has 0 aliphatic carbocycles. The van der Waals surface area contributed by atoms with E-state index in [0.29, 0.717) is 18.5 Å². The van der Waals surface area contributed by atoms with Gasteiger partial charge in [0.2, 0.25) is 0 Å². The summed E-state index contributed by atoms with van der Waals surface area (Å²) in [5, 5.41) is 12.6. The number of carbonyl (C=O) groups is 1. The molecular weight excluding hydrogens is 326 g/mol. The fourth-order valence-electron chi connectivity index (χ4n) is 2.30. The van der Waals surface area contributed by atoms with Crippen LogP contribution in [0.25, 0.3) is 0 Å². The van der Waals surface area contributed by atoms with E-state index in [-0.39, 0.29) is 5.91 Å². The molecule has 0 bridgehead atoms. The van der Waals surface area contributed by atoms with Crippen molar-refractivity contribution >= 4 is 23.5 Å². The molecule has 0 atom stereocenters. The Kier molecular flexibility index (Phi) is 6.75. The number of hydrazone groups is 1. The molecule has 0 aromatic heterocycles. The number of rotatable bonds is 7. The number of anilines is 2. The van der Waals surface area contributed by atoms with Gasteiger partial charge in [-0.05, 0) is 42.0 Å². The van der Waals surface area contributed by atoms with Crippen molar-refractivity contribution in [2.45, 2.75) is 6.42 Å². The maximum Gasteiger partial charge on any atom is 0.271 e. The van der Waals surface area contributed by atoms with Gasteiger partial charge in [0, 0.05) is 44.6 Å². The number of hydrogen-bond donors (Lipinski definition) is 1. The number of nitriles is 1. The Hall–Kier alpha value is -3.33. The molecule has 0 saturated heterocycles. The molecule has 0 spiro atoms. The summed E-state index contributed by atoms with van der Waals surface area (Å²) in [5.74, 6) is -0.251. The van der Waals surface area contributed by atoms with Crippen molar-refractivity contribution in [3.8, 4) is 6.07 Å². The second-order valence-electron chi connectivity index (χ2n) is 6.06. The molecule has 2 aromatic carbocycles. The van der Waals surface area contributed by atoms with Gasteiger partial charge in [-0.2, -0.15) is 10.4 Å². The van der Waals surface area contributed by atoms with Gasteiger partial charge in [0.1, 0.15) is 0 Å². The summed E-state index contributed by atoms with van der Waals surface area (Å²) in [4.78, 5) is 16.1. The Bertz CT molecular complexity index is 788. The average molecular weight is 349 g/mol. The van der Waals surface area contributed by atoms with Crippen LogP contribution >= 0.6 is 0 Å². The molecule has 0 radical (unpaired) electrons. The van der Waals surface area contributed by atoms with Gasteiger partial charge >= 0.3 is 0 Å². The molecule has 0 unspecified atom stereocenters. The van der Waals surface area contributed by atoms with Gasteiger partial charge in [-0.3, -0.25) is 4.79 Å². The van der Waals surface area contributed by atoms with Crippen LogP contribution in [0.3, 0.4) is 0 Å². The first-order chi connectivity index (χ1) is 12.5. The Morgan fingerprint density at radius 3 is 2.27 bits per heavy atom. The number of hydrogen-bond acceptors (Lipinski definition) is 5. The molecule has 6 heteroatoms. The van der Waals surface area contributed by atoms with Crippen molar-refractivity contribution < 1.29 is 4.79 Å². The van der Waals surface area contributed by atoms with E-state index in [1.807, 2.05) is 67.3 Å². The molecule has 2 aromatic rings. The number of nitrogens with one attached hydrogen (secondary N) is 1. The normalized spacial score (nSPS) is 10.4. The Labute approximate surface area is 154 Å². The summed E-state index contributed by atoms with van der Waals surface area (Å²) in [7, 11) is 5.85. The monoisotopic (exact) mass is 349 g/mol. The lowest BCUT2D eigenvalue weighted by molar-refractivity contribution is 0.0955. The number of benzene rings is 2. The first kappa shape index (κ1) is 19.0. The van der Waals surface area contributed by atoms with Crippen molar-refractivity contribution in [2.24, 2.45) is 5.10 Å². The molecule has 6 nitrogen and oxygen atoms in total. The molecule has 0 fully saturated rings. The van der Waals surface area contributed by atoms with Crippen LogP contribution < -0.4 is 15.2 Å². The maximum absolute atomic E-state index is 12.1. The highest BCUT2D eigenvalue weighted by molar-refractivity contribution is 5.95. The summed E-state index contributed by atoms with van der Waals surface area (Å²) in [6, 6.07) is 17.2. The zero-order chi connectivity index (χ0) is 18.9. The van der Waals surface area contributed by atoms with Gasteiger partial charge in [0.05, 0.1) is 18.7 Å². The van der Waals surface area contributed by atoms with Crippen LogP contribution in [-0.4, -0.2) is 39.8 Å². The van der Waals surface area contributed by atoms with Gasteiger partial charge in [0.25, 0.3) is 5.91 Å². The molecule has 0 saturated carbocycles. The van der Waals surface area contributed by atoms with Crippen molar-refractivity contribution in [1.29, 1.82) is 5.26 Å². The van der Waals surface area contributed by atoms with Gasteiger partial charge in [0.15, 0.2) is 0 Å². The zero-order valence-electron chi connectivity index (χ0n) is 15.3. The summed E-state index contributed by atoms with van der Waals surface area (Å²) in [5.41, 5.74) is 6.03. The molecule has 1 amide bonds. The molecule has 26 heavy (non-hydrogen) atoms. The van der Waals surface area contributed by atoms with Crippen LogP contribution in [0, 0.1) is 11.3 Å². The summed E-state index contributed by atoms with van der Waals surface area (Å²) >= 11 is 0. The van der Waals surface area contributed by atoms with Gasteiger partial charge in [-0.1, -0.05) is 12.1 Å². The zero-order valence-corrected chi connectivity index (χ0v) is 15.3. The summed E-state index contributed by atoms with van der Waals surface area (Å²) < 4.78 is 0. The Morgan fingerprint density at radius 1 is 1.08 bits per heavy atom. The SMILES string of the molecule is CN(C)c1ccc(C(=O)N/N=C/c2ccc(N(C)CCC#N)cc2)cc1. The van der Waals surface area contributed by atoms with Crippen molar-refractivity contribution in [3.63, 3.8) is 0 Å². The number of amides is 1. The molecule has 0 heterocycles. The van der Waals surface area contributed by atoms with Crippen LogP contribution in [0.5, 0.6) is 0 Å². The predicted molar refractivity (Wildman–Crippen MR) is 106 cm³/mol. The van der Waals surface area contributed by atoms with E-state index in [2.05, 4.69) is 16.6 Å². The fourth-order valence-corrected chi connectivity index (χ4v) is 2.30. The summed E-state index contributed by atoms with van der Waals surface area (Å²) in [6.07, 6.45) is 2.09.